The van der Waals surface area contributed by atoms with Gasteiger partial charge in [0.15, 0.2) is 5.11 Å². The summed E-state index contributed by atoms with van der Waals surface area (Å²) in [4.78, 5) is 21.9. The van der Waals surface area contributed by atoms with E-state index < -0.39 is 0 Å². The Morgan fingerprint density at radius 2 is 2.06 bits per heavy atom. The molecule has 0 aliphatic rings. The minimum Gasteiger partial charge on any atom is -0.467 e. The average Bonchev–Trinajstić information content (AvgIpc) is 3.31. The molecule has 0 amide bonds. The maximum absolute atomic E-state index is 12.8. The topological polar surface area (TPSA) is 74.2 Å². The second kappa shape index (κ2) is 9.57. The number of H-pyrrole nitrogens is 1. The zero-order chi connectivity index (χ0) is 21.6. The normalized spacial score (nSPS) is 10.9. The van der Waals surface area contributed by atoms with Crippen LogP contribution in [0.4, 0.5) is 0 Å². The van der Waals surface area contributed by atoms with Crippen LogP contribution in [0.25, 0.3) is 10.9 Å². The third-order valence-electron chi connectivity index (χ3n) is 5.13. The van der Waals surface area contributed by atoms with E-state index in [0.29, 0.717) is 30.3 Å². The quantitative estimate of drug-likeness (QED) is 0.427. The average molecular weight is 433 g/mol. The van der Waals surface area contributed by atoms with E-state index in [1.54, 1.807) is 18.7 Å². The Kier molecular flexibility index (Phi) is 6.43. The third-order valence-corrected chi connectivity index (χ3v) is 5.53. The van der Waals surface area contributed by atoms with Crippen molar-refractivity contribution in [3.05, 3.63) is 100.0 Å². The van der Waals surface area contributed by atoms with Crippen LogP contribution in [-0.4, -0.2) is 20.0 Å². The number of hydrogen-bond donors (Lipinski definition) is 2. The van der Waals surface area contributed by atoms with Crippen molar-refractivity contribution in [3.63, 3.8) is 0 Å². The molecule has 0 fully saturated rings. The number of furan rings is 1. The van der Waals surface area contributed by atoms with Crippen molar-refractivity contribution in [3.8, 4) is 0 Å². The third kappa shape index (κ3) is 5.19. The van der Waals surface area contributed by atoms with Crippen LogP contribution in [0.2, 0.25) is 0 Å². The number of hydrogen-bond acceptors (Lipinski definition) is 4. The van der Waals surface area contributed by atoms with Crippen LogP contribution in [0, 0.1) is 0 Å². The molecule has 31 heavy (non-hydrogen) atoms. The van der Waals surface area contributed by atoms with E-state index in [9.17, 15) is 4.79 Å². The highest BCUT2D eigenvalue weighted by Crippen LogP contribution is 2.16. The van der Waals surface area contributed by atoms with Crippen LogP contribution in [0.15, 0.2) is 76.4 Å². The molecule has 0 bridgehead atoms. The number of aryl methyl sites for hydroxylation is 1. The fourth-order valence-corrected chi connectivity index (χ4v) is 3.64. The number of thiocarbonyl (C=S) groups is 1. The lowest BCUT2D eigenvalue weighted by molar-refractivity contribution is 0.393. The van der Waals surface area contributed by atoms with Gasteiger partial charge in [-0.05, 0) is 71.6 Å². The second-order valence-electron chi connectivity index (χ2n) is 7.35. The van der Waals surface area contributed by atoms with Crippen molar-refractivity contribution < 1.29 is 4.42 Å². The van der Waals surface area contributed by atoms with Gasteiger partial charge in [-0.2, -0.15) is 0 Å². The Balaban J connectivity index is 1.60. The predicted octanol–water partition coefficient (Wildman–Crippen LogP) is 4.16. The minimum absolute atomic E-state index is 0.109. The molecule has 0 aliphatic heterocycles. The van der Waals surface area contributed by atoms with E-state index in [-0.39, 0.29) is 5.56 Å². The number of nitrogens with zero attached hydrogens (tertiary/aromatic N) is 2. The smallest absolute Gasteiger partial charge is 0.253 e. The standard InChI is InChI=1S/C24H24N4O2S/c1-2-17-7-8-22-19(11-17)12-20(23(29)27-22)16-28(15-18-5-3-9-25-13-18)24(31)26-14-21-6-4-10-30-21/h3-13H,2,14-16H2,1H3,(H,26,31)(H,27,29). The molecule has 0 atom stereocenters. The molecule has 6 nitrogen and oxygen atoms in total. The molecule has 0 unspecified atom stereocenters. The lowest BCUT2D eigenvalue weighted by Crippen LogP contribution is -2.39. The summed E-state index contributed by atoms with van der Waals surface area (Å²) in [6, 6.07) is 15.7. The number of nitrogens with one attached hydrogen (secondary N) is 2. The van der Waals surface area contributed by atoms with Crippen LogP contribution in [-0.2, 0) is 26.1 Å². The summed E-state index contributed by atoms with van der Waals surface area (Å²) in [5.74, 6) is 0.791. The Bertz CT molecular complexity index is 1220. The SMILES string of the molecule is CCc1ccc2[nH]c(=O)c(CN(Cc3cccnc3)C(=S)NCc3ccco3)cc2c1. The number of fused-ring (bicyclic) bond motifs is 1. The second-order valence-corrected chi connectivity index (χ2v) is 7.74. The molecule has 0 spiro atoms. The molecular weight excluding hydrogens is 408 g/mol. The van der Waals surface area contributed by atoms with Crippen molar-refractivity contribution in [1.29, 1.82) is 0 Å². The number of benzene rings is 1. The van der Waals surface area contributed by atoms with Gasteiger partial charge >= 0.3 is 0 Å². The summed E-state index contributed by atoms with van der Waals surface area (Å²) >= 11 is 5.67. The highest BCUT2D eigenvalue weighted by Gasteiger charge is 2.15. The van der Waals surface area contributed by atoms with Crippen molar-refractivity contribution in [2.45, 2.75) is 33.0 Å². The first kappa shape index (κ1) is 20.8. The lowest BCUT2D eigenvalue weighted by atomic mass is 10.1. The molecule has 158 valence electrons. The number of pyridine rings is 2. The fraction of sp³-hybridized carbons (Fsp3) is 0.208. The van der Waals surface area contributed by atoms with Gasteiger partial charge in [-0.25, -0.2) is 0 Å². The maximum atomic E-state index is 12.8. The van der Waals surface area contributed by atoms with Crippen molar-refractivity contribution in [2.24, 2.45) is 0 Å². The maximum Gasteiger partial charge on any atom is 0.253 e. The summed E-state index contributed by atoms with van der Waals surface area (Å²) in [6.45, 7) is 3.50. The Hall–Kier alpha value is -3.45. The number of aromatic nitrogens is 2. The highest BCUT2D eigenvalue weighted by atomic mass is 32.1. The van der Waals surface area contributed by atoms with Crippen LogP contribution < -0.4 is 10.9 Å². The lowest BCUT2D eigenvalue weighted by Gasteiger charge is -2.25. The zero-order valence-electron chi connectivity index (χ0n) is 17.3. The summed E-state index contributed by atoms with van der Waals surface area (Å²) in [7, 11) is 0. The van der Waals surface area contributed by atoms with E-state index in [1.165, 1.54) is 5.56 Å². The highest BCUT2D eigenvalue weighted by molar-refractivity contribution is 7.80. The van der Waals surface area contributed by atoms with Gasteiger partial charge in [-0.1, -0.05) is 19.1 Å². The fourth-order valence-electron chi connectivity index (χ4n) is 3.44. The van der Waals surface area contributed by atoms with Gasteiger partial charge in [-0.15, -0.1) is 0 Å². The van der Waals surface area contributed by atoms with Crippen molar-refractivity contribution in [2.75, 3.05) is 0 Å². The summed E-state index contributed by atoms with van der Waals surface area (Å²) in [5.41, 5.74) is 3.63. The van der Waals surface area contributed by atoms with Gasteiger partial charge in [0, 0.05) is 30.0 Å². The molecule has 7 heteroatoms. The molecule has 0 saturated carbocycles. The van der Waals surface area contributed by atoms with Crippen LogP contribution in [0.5, 0.6) is 0 Å². The van der Waals surface area contributed by atoms with Crippen molar-refractivity contribution in [1.82, 2.24) is 20.2 Å². The Morgan fingerprint density at radius 1 is 1.16 bits per heavy atom. The monoisotopic (exact) mass is 432 g/mol. The summed E-state index contributed by atoms with van der Waals surface area (Å²) < 4.78 is 5.38. The molecule has 2 N–H and O–H groups in total. The number of aromatic amines is 1. The number of rotatable bonds is 7. The van der Waals surface area contributed by atoms with Gasteiger partial charge in [0.2, 0.25) is 0 Å². The van der Waals surface area contributed by atoms with Gasteiger partial charge < -0.3 is 19.6 Å². The van der Waals surface area contributed by atoms with Gasteiger partial charge in [0.05, 0.1) is 19.4 Å². The largest absolute Gasteiger partial charge is 0.467 e. The van der Waals surface area contributed by atoms with Gasteiger partial charge in [0.25, 0.3) is 5.56 Å². The molecule has 3 heterocycles. The van der Waals surface area contributed by atoms with Crippen LogP contribution >= 0.6 is 12.2 Å². The minimum atomic E-state index is -0.109. The van der Waals surface area contributed by atoms with Gasteiger partial charge in [0.1, 0.15) is 5.76 Å². The first-order valence-corrected chi connectivity index (χ1v) is 10.6. The molecule has 0 saturated heterocycles. The molecule has 0 radical (unpaired) electrons. The summed E-state index contributed by atoms with van der Waals surface area (Å²) in [6.07, 6.45) is 6.12. The molecule has 4 aromatic rings. The molecule has 0 aliphatic carbocycles. The van der Waals surface area contributed by atoms with Crippen LogP contribution in [0.1, 0.15) is 29.4 Å². The van der Waals surface area contributed by atoms with Gasteiger partial charge in [-0.3, -0.25) is 9.78 Å². The first-order chi connectivity index (χ1) is 15.1. The zero-order valence-corrected chi connectivity index (χ0v) is 18.1. The van der Waals surface area contributed by atoms with E-state index in [1.807, 2.05) is 47.4 Å². The Labute approximate surface area is 185 Å². The predicted molar refractivity (Wildman–Crippen MR) is 126 cm³/mol. The molecule has 4 rings (SSSR count). The van der Waals surface area contributed by atoms with E-state index >= 15 is 0 Å². The first-order valence-electron chi connectivity index (χ1n) is 10.2. The molecule has 1 aromatic carbocycles. The van der Waals surface area contributed by atoms with Crippen LogP contribution in [0.3, 0.4) is 0 Å². The molecular formula is C24H24N4O2S. The van der Waals surface area contributed by atoms with E-state index in [4.69, 9.17) is 16.6 Å². The van der Waals surface area contributed by atoms with Crippen molar-refractivity contribution >= 4 is 28.2 Å². The molecule has 3 aromatic heterocycles. The van der Waals surface area contributed by atoms with E-state index in [0.717, 1.165) is 28.6 Å². The Morgan fingerprint density at radius 3 is 2.81 bits per heavy atom. The van der Waals surface area contributed by atoms with E-state index in [2.05, 4.69) is 28.3 Å². The summed E-state index contributed by atoms with van der Waals surface area (Å²) in [5, 5.41) is 4.79.